The number of nitro benzene ring substituents is 1. The number of nitrogens with zero attached hydrogens (tertiary/aromatic N) is 2. The molecule has 5 nitrogen and oxygen atoms in total. The van der Waals surface area contributed by atoms with Gasteiger partial charge in [-0.15, -0.1) is 0 Å². The molecule has 2 rings (SSSR count). The predicted octanol–water partition coefficient (Wildman–Crippen LogP) is 2.36. The maximum absolute atomic E-state index is 10.9. The van der Waals surface area contributed by atoms with E-state index in [4.69, 9.17) is 11.6 Å². The maximum atomic E-state index is 10.9. The molecule has 0 amide bonds. The van der Waals surface area contributed by atoms with Gasteiger partial charge in [-0.3, -0.25) is 10.1 Å². The van der Waals surface area contributed by atoms with Crippen LogP contribution in [-0.4, -0.2) is 36.0 Å². The molecule has 0 spiro atoms. The molecule has 92 valence electrons. The number of hydrogen-bond acceptors (Lipinski definition) is 4. The van der Waals surface area contributed by atoms with Crippen molar-refractivity contribution in [2.45, 2.75) is 12.5 Å². The lowest BCUT2D eigenvalue weighted by atomic mass is 10.2. The van der Waals surface area contributed by atoms with Crippen molar-refractivity contribution in [2.75, 3.05) is 25.5 Å². The molecular weight excluding hydrogens is 242 g/mol. The highest BCUT2D eigenvalue weighted by molar-refractivity contribution is 6.30. The van der Waals surface area contributed by atoms with Gasteiger partial charge >= 0.3 is 0 Å². The quantitative estimate of drug-likeness (QED) is 0.665. The fourth-order valence-electron chi connectivity index (χ4n) is 2.05. The van der Waals surface area contributed by atoms with Crippen LogP contribution in [0.2, 0.25) is 5.02 Å². The first-order chi connectivity index (χ1) is 8.06. The number of hydrogen-bond donors (Lipinski definition) is 1. The number of halogens is 1. The molecular formula is C11H14ClN3O2. The Morgan fingerprint density at radius 2 is 2.35 bits per heavy atom. The Morgan fingerprint density at radius 1 is 1.59 bits per heavy atom. The van der Waals surface area contributed by atoms with E-state index in [2.05, 4.69) is 10.2 Å². The summed E-state index contributed by atoms with van der Waals surface area (Å²) in [7, 11) is 2.04. The number of nitro groups is 1. The van der Waals surface area contributed by atoms with Crippen LogP contribution >= 0.6 is 11.6 Å². The lowest BCUT2D eigenvalue weighted by Crippen LogP contribution is -2.23. The van der Waals surface area contributed by atoms with Crippen LogP contribution in [0.5, 0.6) is 0 Å². The van der Waals surface area contributed by atoms with Crippen molar-refractivity contribution < 1.29 is 4.92 Å². The Balaban J connectivity index is 2.17. The Morgan fingerprint density at radius 3 is 2.94 bits per heavy atom. The molecule has 1 aromatic rings. The van der Waals surface area contributed by atoms with Crippen LogP contribution in [0.25, 0.3) is 0 Å². The molecule has 0 radical (unpaired) electrons. The molecule has 1 heterocycles. The molecule has 0 saturated carbocycles. The van der Waals surface area contributed by atoms with Gasteiger partial charge in [0.05, 0.1) is 4.92 Å². The van der Waals surface area contributed by atoms with Gasteiger partial charge < -0.3 is 10.2 Å². The molecule has 6 heteroatoms. The van der Waals surface area contributed by atoms with E-state index in [-0.39, 0.29) is 11.7 Å². The fraction of sp³-hybridized carbons (Fsp3) is 0.455. The maximum Gasteiger partial charge on any atom is 0.293 e. The second-order valence-electron chi connectivity index (χ2n) is 4.31. The third kappa shape index (κ3) is 2.87. The van der Waals surface area contributed by atoms with Crippen LogP contribution in [0, 0.1) is 10.1 Å². The molecule has 0 aromatic heterocycles. The van der Waals surface area contributed by atoms with Gasteiger partial charge in [-0.05, 0) is 32.1 Å². The van der Waals surface area contributed by atoms with E-state index in [1.165, 1.54) is 6.07 Å². The standard InChI is InChI=1S/C11H14ClN3O2/c1-14-5-4-9(7-14)13-10-3-2-8(12)6-11(10)15(16)17/h2-3,6,9,13H,4-5,7H2,1H3. The van der Waals surface area contributed by atoms with Gasteiger partial charge in [-0.2, -0.15) is 0 Å². The predicted molar refractivity (Wildman–Crippen MR) is 67.6 cm³/mol. The summed E-state index contributed by atoms with van der Waals surface area (Å²) in [5.41, 5.74) is 0.576. The van der Waals surface area contributed by atoms with Gasteiger partial charge in [0.2, 0.25) is 0 Å². The SMILES string of the molecule is CN1CCC(Nc2ccc(Cl)cc2[N+](=O)[O-])C1. The molecule has 1 aliphatic rings. The number of nitrogens with one attached hydrogen (secondary N) is 1. The van der Waals surface area contributed by atoms with Crippen molar-refractivity contribution in [3.05, 3.63) is 33.3 Å². The second kappa shape index (κ2) is 4.89. The Labute approximate surface area is 105 Å². The van der Waals surface area contributed by atoms with Crippen LogP contribution in [0.1, 0.15) is 6.42 Å². The van der Waals surface area contributed by atoms with E-state index in [1.54, 1.807) is 12.1 Å². The van der Waals surface area contributed by atoms with Gasteiger partial charge in [0, 0.05) is 23.7 Å². The van der Waals surface area contributed by atoms with Crippen molar-refractivity contribution >= 4 is 23.0 Å². The first-order valence-electron chi connectivity index (χ1n) is 5.45. The van der Waals surface area contributed by atoms with Crippen molar-refractivity contribution in [1.29, 1.82) is 0 Å². The van der Waals surface area contributed by atoms with E-state index in [0.717, 1.165) is 19.5 Å². The molecule has 1 N–H and O–H groups in total. The van der Waals surface area contributed by atoms with Crippen LogP contribution in [-0.2, 0) is 0 Å². The second-order valence-corrected chi connectivity index (χ2v) is 4.75. The number of likely N-dealkylation sites (tertiary alicyclic amines) is 1. The minimum Gasteiger partial charge on any atom is -0.375 e. The average molecular weight is 256 g/mol. The number of rotatable bonds is 3. The summed E-state index contributed by atoms with van der Waals surface area (Å²) in [5.74, 6) is 0. The third-order valence-electron chi connectivity index (χ3n) is 2.91. The minimum absolute atomic E-state index is 0.0343. The average Bonchev–Trinajstić information content (AvgIpc) is 2.66. The molecule has 1 saturated heterocycles. The lowest BCUT2D eigenvalue weighted by molar-refractivity contribution is -0.384. The zero-order valence-electron chi connectivity index (χ0n) is 9.52. The highest BCUT2D eigenvalue weighted by atomic mass is 35.5. The molecule has 1 aromatic carbocycles. The topological polar surface area (TPSA) is 58.4 Å². The molecule has 1 aliphatic heterocycles. The number of anilines is 1. The Bertz CT molecular complexity index is 439. The molecule has 17 heavy (non-hydrogen) atoms. The fourth-order valence-corrected chi connectivity index (χ4v) is 2.22. The van der Waals surface area contributed by atoms with Gasteiger partial charge in [0.1, 0.15) is 5.69 Å². The van der Waals surface area contributed by atoms with Crippen molar-refractivity contribution in [3.63, 3.8) is 0 Å². The van der Waals surface area contributed by atoms with Crippen LogP contribution in [0.15, 0.2) is 18.2 Å². The molecule has 1 fully saturated rings. The van der Waals surface area contributed by atoms with Crippen molar-refractivity contribution in [2.24, 2.45) is 0 Å². The van der Waals surface area contributed by atoms with E-state index in [1.807, 2.05) is 7.05 Å². The van der Waals surface area contributed by atoms with Gasteiger partial charge in [0.15, 0.2) is 0 Å². The Hall–Kier alpha value is -1.33. The summed E-state index contributed by atoms with van der Waals surface area (Å²) in [4.78, 5) is 12.7. The summed E-state index contributed by atoms with van der Waals surface area (Å²) in [6.07, 6.45) is 0.996. The van der Waals surface area contributed by atoms with Crippen LogP contribution in [0.3, 0.4) is 0 Å². The number of benzene rings is 1. The molecule has 0 bridgehead atoms. The summed E-state index contributed by atoms with van der Waals surface area (Å²) < 4.78 is 0. The van der Waals surface area contributed by atoms with Crippen molar-refractivity contribution in [1.82, 2.24) is 4.90 Å². The third-order valence-corrected chi connectivity index (χ3v) is 3.14. The van der Waals surface area contributed by atoms with E-state index >= 15 is 0 Å². The van der Waals surface area contributed by atoms with Crippen molar-refractivity contribution in [3.8, 4) is 0 Å². The monoisotopic (exact) mass is 255 g/mol. The lowest BCUT2D eigenvalue weighted by Gasteiger charge is -2.14. The first-order valence-corrected chi connectivity index (χ1v) is 5.83. The summed E-state index contributed by atoms with van der Waals surface area (Å²) in [6, 6.07) is 4.97. The van der Waals surface area contributed by atoms with Gasteiger partial charge in [-0.25, -0.2) is 0 Å². The summed E-state index contributed by atoms with van der Waals surface area (Å²) in [5, 5.41) is 14.5. The van der Waals surface area contributed by atoms with E-state index < -0.39 is 4.92 Å². The highest BCUT2D eigenvalue weighted by Gasteiger charge is 2.22. The van der Waals surface area contributed by atoms with E-state index in [0.29, 0.717) is 10.7 Å². The normalized spacial score (nSPS) is 20.5. The molecule has 0 aliphatic carbocycles. The van der Waals surface area contributed by atoms with Gasteiger partial charge in [0.25, 0.3) is 5.69 Å². The highest BCUT2D eigenvalue weighted by Crippen LogP contribution is 2.29. The van der Waals surface area contributed by atoms with Crippen LogP contribution < -0.4 is 5.32 Å². The molecule has 1 unspecified atom stereocenters. The van der Waals surface area contributed by atoms with Crippen LogP contribution in [0.4, 0.5) is 11.4 Å². The minimum atomic E-state index is -0.410. The zero-order valence-corrected chi connectivity index (χ0v) is 10.3. The smallest absolute Gasteiger partial charge is 0.293 e. The summed E-state index contributed by atoms with van der Waals surface area (Å²) >= 11 is 5.76. The largest absolute Gasteiger partial charge is 0.375 e. The Kier molecular flexibility index (Phi) is 3.49. The van der Waals surface area contributed by atoms with Gasteiger partial charge in [-0.1, -0.05) is 11.6 Å². The number of likely N-dealkylation sites (N-methyl/N-ethyl adjacent to an activating group) is 1. The molecule has 1 atom stereocenters. The summed E-state index contributed by atoms with van der Waals surface area (Å²) in [6.45, 7) is 1.92. The first kappa shape index (κ1) is 12.1. The van der Waals surface area contributed by atoms with E-state index in [9.17, 15) is 10.1 Å². The zero-order chi connectivity index (χ0) is 12.4.